The molecule has 3 aromatic carbocycles. The minimum Gasteiger partial charge on any atom is -0.466 e. The number of aromatic nitrogens is 1. The van der Waals surface area contributed by atoms with Crippen molar-refractivity contribution in [3.63, 3.8) is 0 Å². The Morgan fingerprint density at radius 3 is 2.47 bits per heavy atom. The van der Waals surface area contributed by atoms with Crippen molar-refractivity contribution in [3.8, 4) is 0 Å². The van der Waals surface area contributed by atoms with Crippen LogP contribution in [-0.2, 0) is 25.5 Å². The van der Waals surface area contributed by atoms with Gasteiger partial charge in [-0.3, -0.25) is 19.2 Å². The number of carbonyl (C=O) groups is 4. The number of amides is 3. The van der Waals surface area contributed by atoms with E-state index in [4.69, 9.17) is 4.74 Å². The zero-order chi connectivity index (χ0) is 32.2. The van der Waals surface area contributed by atoms with E-state index in [1.807, 2.05) is 13.0 Å². The zero-order valence-electron chi connectivity index (χ0n) is 24.5. The van der Waals surface area contributed by atoms with E-state index in [2.05, 4.69) is 20.9 Å². The van der Waals surface area contributed by atoms with Crippen molar-refractivity contribution in [3.05, 3.63) is 113 Å². The number of ether oxygens (including phenoxy) is 1. The average Bonchev–Trinajstić information content (AvgIpc) is 3.47. The van der Waals surface area contributed by atoms with E-state index in [0.29, 0.717) is 33.4 Å². The Bertz CT molecular complexity index is 1690. The van der Waals surface area contributed by atoms with Crippen molar-refractivity contribution in [2.45, 2.75) is 36.8 Å². The second-order valence-corrected chi connectivity index (χ2v) is 11.6. The number of thioether (sulfide) groups is 1. The van der Waals surface area contributed by atoms with E-state index in [-0.39, 0.29) is 36.2 Å². The molecule has 232 valence electrons. The highest BCUT2D eigenvalue weighted by atomic mass is 32.2. The number of hydrogen-bond donors (Lipinski definition) is 3. The first-order chi connectivity index (χ1) is 21.7. The fourth-order valence-electron chi connectivity index (χ4n) is 4.01. The third-order valence-corrected chi connectivity index (χ3v) is 8.34. The van der Waals surface area contributed by atoms with E-state index >= 15 is 0 Å². The number of carbonyl (C=O) groups excluding carboxylic acids is 4. The van der Waals surface area contributed by atoms with Crippen LogP contribution < -0.4 is 16.0 Å². The van der Waals surface area contributed by atoms with Gasteiger partial charge in [-0.1, -0.05) is 49.4 Å². The first-order valence-corrected chi connectivity index (χ1v) is 15.8. The summed E-state index contributed by atoms with van der Waals surface area (Å²) in [4.78, 5) is 56.0. The molecule has 1 atom stereocenters. The van der Waals surface area contributed by atoms with Crippen LogP contribution in [0.4, 0.5) is 15.2 Å². The monoisotopic (exact) mass is 646 g/mol. The summed E-state index contributed by atoms with van der Waals surface area (Å²) in [7, 11) is 0. The SMILES string of the molecule is CCOC(=O)Cc1csc(NC(=O)C(CC)Sc2cccc(NC(=O)/C(=C/c3ccccc3F)NC(=O)c3ccccc3)c2)n1. The quantitative estimate of drug-likeness (QED) is 0.0883. The second-order valence-electron chi connectivity index (χ2n) is 9.51. The van der Waals surface area contributed by atoms with E-state index in [1.54, 1.807) is 66.9 Å². The molecule has 4 rings (SSSR count). The molecule has 0 bridgehead atoms. The topological polar surface area (TPSA) is 126 Å². The maximum atomic E-state index is 14.4. The summed E-state index contributed by atoms with van der Waals surface area (Å²) in [6.07, 6.45) is 1.81. The van der Waals surface area contributed by atoms with Gasteiger partial charge in [0.1, 0.15) is 11.5 Å². The van der Waals surface area contributed by atoms with Gasteiger partial charge in [0, 0.05) is 27.1 Å². The normalized spacial score (nSPS) is 11.8. The molecule has 1 aromatic heterocycles. The van der Waals surface area contributed by atoms with E-state index in [0.717, 1.165) is 0 Å². The van der Waals surface area contributed by atoms with E-state index in [9.17, 15) is 23.6 Å². The lowest BCUT2D eigenvalue weighted by molar-refractivity contribution is -0.142. The van der Waals surface area contributed by atoms with E-state index in [1.165, 1.54) is 47.4 Å². The summed E-state index contributed by atoms with van der Waals surface area (Å²) in [6, 6.07) is 21.2. The van der Waals surface area contributed by atoms with Gasteiger partial charge < -0.3 is 20.7 Å². The molecule has 1 heterocycles. The van der Waals surface area contributed by atoms with Crippen molar-refractivity contribution in [1.82, 2.24) is 10.3 Å². The molecule has 12 heteroatoms. The molecule has 0 spiro atoms. The molecule has 45 heavy (non-hydrogen) atoms. The van der Waals surface area contributed by atoms with Gasteiger partial charge in [-0.15, -0.1) is 23.1 Å². The zero-order valence-corrected chi connectivity index (χ0v) is 26.2. The summed E-state index contributed by atoms with van der Waals surface area (Å²) in [5.41, 5.74) is 1.24. The third kappa shape index (κ3) is 9.85. The predicted molar refractivity (Wildman–Crippen MR) is 174 cm³/mol. The highest BCUT2D eigenvalue weighted by Gasteiger charge is 2.21. The number of esters is 1. The molecular weight excluding hydrogens is 616 g/mol. The number of benzene rings is 3. The molecule has 9 nitrogen and oxygen atoms in total. The molecule has 0 radical (unpaired) electrons. The molecule has 0 saturated heterocycles. The fraction of sp³-hybridized carbons (Fsp3) is 0.182. The summed E-state index contributed by atoms with van der Waals surface area (Å²) in [5, 5.41) is 9.77. The van der Waals surface area contributed by atoms with Crippen LogP contribution in [-0.4, -0.2) is 40.5 Å². The first kappa shape index (κ1) is 33.1. The summed E-state index contributed by atoms with van der Waals surface area (Å²) in [5.74, 6) is -2.37. The number of anilines is 2. The van der Waals surface area contributed by atoms with Crippen LogP contribution >= 0.6 is 23.1 Å². The molecule has 1 unspecified atom stereocenters. The number of thiazole rings is 1. The Kier molecular flexibility index (Phi) is 12.0. The van der Waals surface area contributed by atoms with Crippen LogP contribution in [0, 0.1) is 5.82 Å². The van der Waals surface area contributed by atoms with Gasteiger partial charge in [-0.25, -0.2) is 9.37 Å². The minimum atomic E-state index is -0.656. The lowest BCUT2D eigenvalue weighted by atomic mass is 10.1. The van der Waals surface area contributed by atoms with Crippen molar-refractivity contribution < 1.29 is 28.3 Å². The van der Waals surface area contributed by atoms with Crippen molar-refractivity contribution in [2.24, 2.45) is 0 Å². The van der Waals surface area contributed by atoms with Crippen LogP contribution in [0.25, 0.3) is 6.08 Å². The summed E-state index contributed by atoms with van der Waals surface area (Å²) in [6.45, 7) is 3.89. The Labute approximate surface area is 268 Å². The number of hydrogen-bond acceptors (Lipinski definition) is 8. The van der Waals surface area contributed by atoms with Gasteiger partial charge in [-0.05, 0) is 55.8 Å². The molecule has 0 saturated carbocycles. The Morgan fingerprint density at radius 2 is 1.73 bits per heavy atom. The maximum absolute atomic E-state index is 14.4. The van der Waals surface area contributed by atoms with E-state index < -0.39 is 22.9 Å². The van der Waals surface area contributed by atoms with Crippen LogP contribution in [0.15, 0.2) is 94.8 Å². The van der Waals surface area contributed by atoms with Gasteiger partial charge in [0.25, 0.3) is 11.8 Å². The standard InChI is InChI=1S/C33H31FN4O5S2/c1-3-28(32(42)38-33-36-24(20-44-33)19-29(39)43-4-2)45-25-15-10-14-23(18-25)35-31(41)27(17-22-13-8-9-16-26(22)34)37-30(40)21-11-6-5-7-12-21/h5-18,20,28H,3-4,19H2,1-2H3,(H,35,41)(H,37,40)(H,36,38,42)/b27-17-. The smallest absolute Gasteiger partial charge is 0.311 e. The number of nitrogens with zero attached hydrogens (tertiary/aromatic N) is 1. The summed E-state index contributed by atoms with van der Waals surface area (Å²) >= 11 is 2.53. The third-order valence-electron chi connectivity index (χ3n) is 6.18. The molecule has 4 aromatic rings. The lowest BCUT2D eigenvalue weighted by Gasteiger charge is -2.15. The number of nitrogens with one attached hydrogen (secondary N) is 3. The minimum absolute atomic E-state index is 0.0256. The largest absolute Gasteiger partial charge is 0.466 e. The molecular formula is C33H31FN4O5S2. The van der Waals surface area contributed by atoms with Crippen LogP contribution in [0.3, 0.4) is 0 Å². The van der Waals surface area contributed by atoms with Gasteiger partial charge in [-0.2, -0.15) is 0 Å². The first-order valence-electron chi connectivity index (χ1n) is 14.1. The van der Waals surface area contributed by atoms with Gasteiger partial charge >= 0.3 is 5.97 Å². The predicted octanol–water partition coefficient (Wildman–Crippen LogP) is 6.31. The van der Waals surface area contributed by atoms with Crippen molar-refractivity contribution in [1.29, 1.82) is 0 Å². The number of halogens is 1. The van der Waals surface area contributed by atoms with Gasteiger partial charge in [0.2, 0.25) is 5.91 Å². The summed E-state index contributed by atoms with van der Waals surface area (Å²) < 4.78 is 19.4. The van der Waals surface area contributed by atoms with Crippen LogP contribution in [0.1, 0.15) is 41.9 Å². The number of rotatable bonds is 13. The average molecular weight is 647 g/mol. The molecule has 3 N–H and O–H groups in total. The molecule has 0 aliphatic carbocycles. The van der Waals surface area contributed by atoms with Crippen LogP contribution in [0.5, 0.6) is 0 Å². The van der Waals surface area contributed by atoms with Gasteiger partial charge in [0.05, 0.1) is 24.0 Å². The Hall–Kier alpha value is -4.81. The van der Waals surface area contributed by atoms with Crippen molar-refractivity contribution >= 4 is 63.7 Å². The molecule has 0 fully saturated rings. The fourth-order valence-corrected chi connectivity index (χ4v) is 5.74. The molecule has 3 amide bonds. The maximum Gasteiger partial charge on any atom is 0.311 e. The Morgan fingerprint density at radius 1 is 0.978 bits per heavy atom. The molecule has 0 aliphatic heterocycles. The van der Waals surface area contributed by atoms with Crippen molar-refractivity contribution in [2.75, 3.05) is 17.2 Å². The highest BCUT2D eigenvalue weighted by Crippen LogP contribution is 2.29. The van der Waals surface area contributed by atoms with Crippen LogP contribution in [0.2, 0.25) is 0 Å². The lowest BCUT2D eigenvalue weighted by Crippen LogP contribution is -2.30. The second kappa shape index (κ2) is 16.3. The highest BCUT2D eigenvalue weighted by molar-refractivity contribution is 8.00. The molecule has 0 aliphatic rings. The Balaban J connectivity index is 1.45. The van der Waals surface area contributed by atoms with Gasteiger partial charge in [0.15, 0.2) is 5.13 Å².